The Bertz CT molecular complexity index is 82.6. The number of likely N-dealkylation sites (tertiary alicyclic amines) is 1. The van der Waals surface area contributed by atoms with E-state index >= 15 is 0 Å². The molecule has 0 aromatic rings. The molecule has 9 heavy (non-hydrogen) atoms. The van der Waals surface area contributed by atoms with E-state index < -0.39 is 0 Å². The lowest BCUT2D eigenvalue weighted by atomic mass is 10.1. The van der Waals surface area contributed by atoms with Crippen molar-refractivity contribution in [2.45, 2.75) is 12.8 Å². The van der Waals surface area contributed by atoms with E-state index in [0.717, 1.165) is 6.54 Å². The highest BCUT2D eigenvalue weighted by Crippen LogP contribution is 2.06. The van der Waals surface area contributed by atoms with Crippen molar-refractivity contribution in [3.63, 3.8) is 0 Å². The first-order valence-electron chi connectivity index (χ1n) is 3.58. The van der Waals surface area contributed by atoms with Crippen LogP contribution in [-0.2, 0) is 0 Å². The van der Waals surface area contributed by atoms with E-state index in [4.69, 9.17) is 0 Å². The van der Waals surface area contributed by atoms with Gasteiger partial charge in [0.1, 0.15) is 0 Å². The molecule has 1 saturated heterocycles. The largest absolute Gasteiger partial charge is 0.300 e. The maximum atomic E-state index is 3.70. The molecule has 1 radical (unpaired) electrons. The summed E-state index contributed by atoms with van der Waals surface area (Å²) >= 11 is 0. The zero-order valence-electron chi connectivity index (χ0n) is 5.84. The van der Waals surface area contributed by atoms with Gasteiger partial charge in [0.2, 0.25) is 0 Å². The Morgan fingerprint density at radius 3 is 2.67 bits per heavy atom. The summed E-state index contributed by atoms with van der Waals surface area (Å²) in [4.78, 5) is 2.42. The van der Waals surface area contributed by atoms with Gasteiger partial charge in [-0.3, -0.25) is 4.90 Å². The molecule has 1 aliphatic heterocycles. The average Bonchev–Trinajstić information content (AvgIpc) is 1.91. The van der Waals surface area contributed by atoms with Crippen molar-refractivity contribution < 1.29 is 0 Å². The molecule has 1 heteroatoms. The third-order valence-corrected chi connectivity index (χ3v) is 1.69. The fourth-order valence-corrected chi connectivity index (χ4v) is 1.17. The van der Waals surface area contributed by atoms with Crippen LogP contribution < -0.4 is 0 Å². The van der Waals surface area contributed by atoms with Crippen LogP contribution >= 0.6 is 0 Å². The van der Waals surface area contributed by atoms with Crippen LogP contribution in [0.3, 0.4) is 0 Å². The minimum atomic E-state index is 1.06. The maximum absolute atomic E-state index is 3.70. The molecule has 51 valence electrons. The lowest BCUT2D eigenvalue weighted by Gasteiger charge is -2.24. The third-order valence-electron chi connectivity index (χ3n) is 1.69. The normalized spacial score (nSPS) is 21.8. The summed E-state index contributed by atoms with van der Waals surface area (Å²) in [5.41, 5.74) is 0. The highest BCUT2D eigenvalue weighted by atomic mass is 15.1. The lowest BCUT2D eigenvalue weighted by molar-refractivity contribution is 0.280. The molecule has 1 aliphatic rings. The molecule has 0 amide bonds. The van der Waals surface area contributed by atoms with Crippen LogP contribution in [-0.4, -0.2) is 24.5 Å². The Balaban J connectivity index is 2.15. The Hall–Kier alpha value is -0.300. The number of nitrogens with zero attached hydrogens (tertiary/aromatic N) is 1. The molecule has 0 unspecified atom stereocenters. The van der Waals surface area contributed by atoms with Crippen molar-refractivity contribution in [3.05, 3.63) is 19.1 Å². The smallest absolute Gasteiger partial charge is 0.0160 e. The van der Waals surface area contributed by atoms with Gasteiger partial charge < -0.3 is 0 Å². The molecule has 0 bridgehead atoms. The topological polar surface area (TPSA) is 3.24 Å². The number of hydrogen-bond donors (Lipinski definition) is 0. The Morgan fingerprint density at radius 2 is 2.11 bits per heavy atom. The zero-order chi connectivity index (χ0) is 6.53. The van der Waals surface area contributed by atoms with E-state index in [2.05, 4.69) is 17.9 Å². The van der Waals surface area contributed by atoms with E-state index in [0.29, 0.717) is 0 Å². The van der Waals surface area contributed by atoms with Gasteiger partial charge in [-0.2, -0.15) is 0 Å². The second-order valence-electron chi connectivity index (χ2n) is 2.46. The van der Waals surface area contributed by atoms with Crippen molar-refractivity contribution >= 4 is 0 Å². The van der Waals surface area contributed by atoms with Gasteiger partial charge in [-0.15, -0.1) is 6.58 Å². The molecule has 0 saturated carbocycles. The molecular weight excluding hydrogens is 110 g/mol. The monoisotopic (exact) mass is 124 g/mol. The Kier molecular flexibility index (Phi) is 2.78. The summed E-state index contributed by atoms with van der Waals surface area (Å²) in [5, 5.41) is 0. The van der Waals surface area contributed by atoms with Gasteiger partial charge in [0, 0.05) is 6.54 Å². The van der Waals surface area contributed by atoms with Crippen LogP contribution in [0.5, 0.6) is 0 Å². The van der Waals surface area contributed by atoms with E-state index in [1.807, 2.05) is 6.08 Å². The van der Waals surface area contributed by atoms with Crippen LogP contribution in [0.1, 0.15) is 12.8 Å². The molecule has 0 spiro atoms. The molecule has 1 rings (SSSR count). The van der Waals surface area contributed by atoms with E-state index in [9.17, 15) is 0 Å². The van der Waals surface area contributed by atoms with Crippen molar-refractivity contribution in [1.82, 2.24) is 4.90 Å². The Morgan fingerprint density at radius 1 is 1.44 bits per heavy atom. The standard InChI is InChI=1S/C8H14N/c1-2-6-9-7-4-3-5-8-9/h2-3H,1,4-8H2. The summed E-state index contributed by atoms with van der Waals surface area (Å²) < 4.78 is 0. The van der Waals surface area contributed by atoms with E-state index in [1.165, 1.54) is 25.9 Å². The van der Waals surface area contributed by atoms with Gasteiger partial charge in [-0.1, -0.05) is 6.08 Å². The SMILES string of the molecule is C=CCN1CC[CH]CC1. The van der Waals surface area contributed by atoms with Crippen LogP contribution in [0.25, 0.3) is 0 Å². The fraction of sp³-hybridized carbons (Fsp3) is 0.625. The van der Waals surface area contributed by atoms with Crippen LogP contribution in [0.15, 0.2) is 12.7 Å². The average molecular weight is 124 g/mol. The fourth-order valence-electron chi connectivity index (χ4n) is 1.17. The molecular formula is C8H14N. The molecule has 0 aliphatic carbocycles. The summed E-state index contributed by atoms with van der Waals surface area (Å²) in [5.74, 6) is 0. The van der Waals surface area contributed by atoms with Gasteiger partial charge in [0.15, 0.2) is 0 Å². The van der Waals surface area contributed by atoms with Crippen LogP contribution in [0.4, 0.5) is 0 Å². The number of rotatable bonds is 2. The highest BCUT2D eigenvalue weighted by molar-refractivity contribution is 4.81. The quantitative estimate of drug-likeness (QED) is 0.504. The number of hydrogen-bond acceptors (Lipinski definition) is 1. The molecule has 1 fully saturated rings. The summed E-state index contributed by atoms with van der Waals surface area (Å²) in [6.07, 6.45) is 6.85. The molecule has 1 heterocycles. The van der Waals surface area contributed by atoms with Crippen molar-refractivity contribution in [1.29, 1.82) is 0 Å². The predicted octanol–water partition coefficient (Wildman–Crippen LogP) is 1.47. The summed E-state index contributed by atoms with van der Waals surface area (Å²) in [7, 11) is 0. The highest BCUT2D eigenvalue weighted by Gasteiger charge is 2.06. The minimum Gasteiger partial charge on any atom is -0.300 e. The first-order chi connectivity index (χ1) is 4.43. The lowest BCUT2D eigenvalue weighted by Crippen LogP contribution is -2.29. The van der Waals surface area contributed by atoms with Gasteiger partial charge in [-0.25, -0.2) is 0 Å². The summed E-state index contributed by atoms with van der Waals surface area (Å²) in [6, 6.07) is 0. The second kappa shape index (κ2) is 3.67. The van der Waals surface area contributed by atoms with Gasteiger partial charge in [0.05, 0.1) is 0 Å². The zero-order valence-corrected chi connectivity index (χ0v) is 5.84. The minimum absolute atomic E-state index is 1.06. The van der Waals surface area contributed by atoms with Gasteiger partial charge in [-0.05, 0) is 32.4 Å². The summed E-state index contributed by atoms with van der Waals surface area (Å²) in [6.45, 7) is 7.22. The first-order valence-corrected chi connectivity index (χ1v) is 3.58. The Labute approximate surface area is 57.4 Å². The molecule has 1 nitrogen and oxygen atoms in total. The van der Waals surface area contributed by atoms with Gasteiger partial charge >= 0.3 is 0 Å². The van der Waals surface area contributed by atoms with Crippen LogP contribution in [0.2, 0.25) is 0 Å². The molecule has 0 atom stereocenters. The van der Waals surface area contributed by atoms with Crippen molar-refractivity contribution in [2.75, 3.05) is 19.6 Å². The van der Waals surface area contributed by atoms with E-state index in [-0.39, 0.29) is 0 Å². The molecule has 0 aromatic carbocycles. The third kappa shape index (κ3) is 2.19. The predicted molar refractivity (Wildman–Crippen MR) is 40.2 cm³/mol. The molecule has 0 aromatic heterocycles. The van der Waals surface area contributed by atoms with Crippen LogP contribution in [0, 0.1) is 6.42 Å². The first kappa shape index (κ1) is 6.81. The van der Waals surface area contributed by atoms with Gasteiger partial charge in [0.25, 0.3) is 0 Å². The van der Waals surface area contributed by atoms with E-state index in [1.54, 1.807) is 0 Å². The number of piperidine rings is 1. The van der Waals surface area contributed by atoms with Crippen molar-refractivity contribution in [3.8, 4) is 0 Å². The second-order valence-corrected chi connectivity index (χ2v) is 2.46. The van der Waals surface area contributed by atoms with Crippen molar-refractivity contribution in [2.24, 2.45) is 0 Å². The molecule has 0 N–H and O–H groups in total. The maximum Gasteiger partial charge on any atom is 0.0160 e.